The molecule has 10 fully saturated rings. The Bertz CT molecular complexity index is 4120. The van der Waals surface area contributed by atoms with Gasteiger partial charge in [0.2, 0.25) is 35.4 Å². The summed E-state index contributed by atoms with van der Waals surface area (Å²) in [6.07, 6.45) is -96.4. The fraction of sp³-hybridized carbons (Fsp3) is 0.917. The van der Waals surface area contributed by atoms with Gasteiger partial charge in [0.25, 0.3) is 0 Å². The van der Waals surface area contributed by atoms with Gasteiger partial charge in [0.1, 0.15) is 238 Å². The lowest BCUT2D eigenvalue weighted by atomic mass is 9.93. The summed E-state index contributed by atoms with van der Waals surface area (Å²) in [5.74, 6) is -6.05. The molecule has 31 N–H and O–H groups in total. The fourth-order valence-electron chi connectivity index (χ4n) is 17.1. The minimum absolute atomic E-state index is 0.857. The second-order valence-electron chi connectivity index (χ2n) is 33.5. The largest absolute Gasteiger partial charge is 0.397 e. The Hall–Kier alpha value is -5.12. The van der Waals surface area contributed by atoms with Gasteiger partial charge in [-0.1, -0.05) is 0 Å². The molecule has 0 aliphatic carbocycles. The SMILES string of the molecule is CC(=O)N[C@@H]1[C@H](O[C@@H]2[C@@H](O[C@@H]3[C@H](O)[C@H](O[C@H]4[C@H](O)[C@@H](NC(C)=O)[C@H](O[C@H]5[C@H](O)[C@@H](NC(C)=O)C(O)O[C@@H]5CO[C@@H]5O[C@@H](C)[C@@H](O)[C@@H](O)[C@@H]5O)O[C@@H]4CO)O[C@H](CO[C@H]4O[C@H](CO)[C@@H](O)[C@H](O)[C@@H]4O[C@@H]4O[C@H](CO)[C@@H](O[C@@H]5O[C@H](CO)[C@H](O)[C@H](OS(=O)(=O)O)[C@H]5NC(C)=O)[C@H](O)[C@H]4NC(C)=O)[C@H]3O)O[C@H](CO)[C@@H](O)[C@@H]2O)O[C@H](CO)[C@@H](O[C@@H]2O[C@H](CO)[C@H](O)[C@H](OS(=O)(=O)O)[C@H]2NC(C)=O)[C@@H]1O. The van der Waals surface area contributed by atoms with E-state index < -0.39 is 422 Å². The van der Waals surface area contributed by atoms with Crippen LogP contribution in [0, 0.1) is 0 Å². The molecule has 0 bridgehead atoms. The summed E-state index contributed by atoms with van der Waals surface area (Å²) in [5, 5.41) is 276. The molecule has 0 spiro atoms. The van der Waals surface area contributed by atoms with Crippen molar-refractivity contribution in [1.29, 1.82) is 0 Å². The average Bonchev–Trinajstić information content (AvgIpc) is 0.758. The standard InChI is InChI=1S/C72H120N6O56S2/c1-17-39(92)49(102)52(105)69(116-17)114-16-32-57(45(98)33(63(107)117-32)73-18(2)86)128-64-34(74-19(3)87)48(101)56(30(14-85)122-64)129-70-53(106)60(130-72-62(51(104)41(94)25(9-80)121-72)132-66-36(76-21(5)89)47(100)55(29(13-84)124-66)127-68-38(78-23(7)91)59(134-136(111,112)113)43(96)27(11-82)119-68)44(97)31(125-70)15-115-71-61(50(103)40(93)24(8-79)120-71)131-65-35(75-20(4)88)46(99)54(28(12-83)123-65)126-67-37(77-22(6)90)58(133-135(108,109)110)42(95)26(10-81)118-67/h17,24-72,79-85,92-107H,8-16H2,1-7H3,(H,73,86)(H,74,87)(H,75,88)(H,76,89)(H,77,90)(H,78,91)(H,108,109,110)(H,111,112,113)/t17-,24+,25+,26+,27+,28+,29+,30+,31+,32+,33+,34+,35+,36-,37+,38+,39+,40+,41+,42-,43-,44+,45+,46+,47+,48+,49+,50-,51-,52-,53-,54+,55+,56+,57+,58+,59+,60-,61-,62-,63?,64-,65-,66-,67-,68-,69+,70-,71-,72+/m0/s1. The highest BCUT2D eigenvalue weighted by molar-refractivity contribution is 7.81. The minimum atomic E-state index is -5.57. The third-order valence-electron chi connectivity index (χ3n) is 23.6. The first-order valence-corrected chi connectivity index (χ1v) is 45.0. The number of aliphatic hydroxyl groups excluding tert-OH is 23. The van der Waals surface area contributed by atoms with Crippen LogP contribution in [0.3, 0.4) is 0 Å². The Morgan fingerprint density at radius 3 is 0.890 bits per heavy atom. The monoisotopic (exact) mass is 2030 g/mol. The Morgan fingerprint density at radius 2 is 0.515 bits per heavy atom. The lowest BCUT2D eigenvalue weighted by molar-refractivity contribution is -0.398. The molecule has 10 aliphatic rings. The van der Waals surface area contributed by atoms with E-state index >= 15 is 0 Å². The lowest BCUT2D eigenvalue weighted by Crippen LogP contribution is -2.71. The first kappa shape index (κ1) is 113. The number of ether oxygens (including phenoxy) is 19. The van der Waals surface area contributed by atoms with Crippen molar-refractivity contribution in [2.24, 2.45) is 0 Å². The van der Waals surface area contributed by atoms with Gasteiger partial charge in [-0.2, -0.15) is 16.8 Å². The summed E-state index contributed by atoms with van der Waals surface area (Å²) in [6, 6.07) is -12.2. The summed E-state index contributed by atoms with van der Waals surface area (Å²) in [5.41, 5.74) is 0. The first-order chi connectivity index (χ1) is 63.8. The minimum Gasteiger partial charge on any atom is -0.394 e. The summed E-state index contributed by atoms with van der Waals surface area (Å²) >= 11 is 0. The molecule has 64 heteroatoms. The molecule has 0 aromatic carbocycles. The molecule has 786 valence electrons. The smallest absolute Gasteiger partial charge is 0.394 e. The maximum Gasteiger partial charge on any atom is 0.397 e. The molecule has 50 atom stereocenters. The third kappa shape index (κ3) is 26.7. The number of nitrogens with one attached hydrogen (secondary N) is 6. The van der Waals surface area contributed by atoms with E-state index in [9.17, 15) is 172 Å². The van der Waals surface area contributed by atoms with Crippen molar-refractivity contribution in [3.8, 4) is 0 Å². The number of rotatable bonds is 37. The maximum atomic E-state index is 13.3. The van der Waals surface area contributed by atoms with Gasteiger partial charge < -0.3 is 239 Å². The van der Waals surface area contributed by atoms with Crippen molar-refractivity contribution in [3.05, 3.63) is 0 Å². The van der Waals surface area contributed by atoms with Crippen molar-refractivity contribution in [1.82, 2.24) is 31.9 Å². The molecule has 10 heterocycles. The molecule has 10 rings (SSSR count). The van der Waals surface area contributed by atoms with Crippen LogP contribution in [0.5, 0.6) is 0 Å². The molecule has 6 amide bonds. The van der Waals surface area contributed by atoms with Gasteiger partial charge in [0, 0.05) is 41.5 Å². The fourth-order valence-corrected chi connectivity index (χ4v) is 18.1. The van der Waals surface area contributed by atoms with Gasteiger partial charge in [-0.15, -0.1) is 0 Å². The highest BCUT2D eigenvalue weighted by atomic mass is 32.3. The topological polar surface area (TPSA) is 942 Å². The molecule has 0 aromatic heterocycles. The number of carbonyl (C=O) groups is 6. The zero-order valence-corrected chi connectivity index (χ0v) is 74.5. The van der Waals surface area contributed by atoms with Gasteiger partial charge in [-0.05, 0) is 6.92 Å². The Labute approximate surface area is 770 Å². The van der Waals surface area contributed by atoms with Crippen molar-refractivity contribution in [3.63, 3.8) is 0 Å². The third-order valence-corrected chi connectivity index (χ3v) is 24.6. The zero-order chi connectivity index (χ0) is 101. The highest BCUT2D eigenvalue weighted by Crippen LogP contribution is 2.42. The second-order valence-corrected chi connectivity index (χ2v) is 35.6. The van der Waals surface area contributed by atoms with E-state index in [-0.39, 0.29) is 0 Å². The van der Waals surface area contributed by atoms with Crippen molar-refractivity contribution >= 4 is 56.2 Å². The lowest BCUT2D eigenvalue weighted by Gasteiger charge is -2.51. The maximum absolute atomic E-state index is 13.3. The number of aliphatic hydroxyl groups is 23. The zero-order valence-electron chi connectivity index (χ0n) is 72.9. The van der Waals surface area contributed by atoms with Crippen LogP contribution in [0.1, 0.15) is 48.5 Å². The van der Waals surface area contributed by atoms with Gasteiger partial charge in [0.15, 0.2) is 62.9 Å². The molecule has 0 radical (unpaired) electrons. The van der Waals surface area contributed by atoms with Gasteiger partial charge in [-0.25, -0.2) is 8.37 Å². The van der Waals surface area contributed by atoms with E-state index in [1.165, 1.54) is 6.92 Å². The van der Waals surface area contributed by atoms with Crippen LogP contribution < -0.4 is 31.9 Å². The highest BCUT2D eigenvalue weighted by Gasteiger charge is 2.63. The molecule has 10 saturated heterocycles. The van der Waals surface area contributed by atoms with Crippen molar-refractivity contribution in [2.45, 2.75) is 355 Å². The molecule has 10 aliphatic heterocycles. The number of amides is 6. The summed E-state index contributed by atoms with van der Waals surface area (Å²) < 4.78 is 191. The summed E-state index contributed by atoms with van der Waals surface area (Å²) in [7, 11) is -11.1. The van der Waals surface area contributed by atoms with Crippen LogP contribution >= 0.6 is 0 Å². The van der Waals surface area contributed by atoms with Crippen molar-refractivity contribution < 1.29 is 271 Å². The summed E-state index contributed by atoms with van der Waals surface area (Å²) in [4.78, 5) is 77.4. The molecule has 0 aromatic rings. The predicted octanol–water partition coefficient (Wildman–Crippen LogP) is -21.3. The van der Waals surface area contributed by atoms with Crippen LogP contribution in [0.25, 0.3) is 0 Å². The molecule has 1 unspecified atom stereocenters. The quantitative estimate of drug-likeness (QED) is 0.0257. The van der Waals surface area contributed by atoms with Gasteiger partial charge >= 0.3 is 20.8 Å². The molecule has 62 nitrogen and oxygen atoms in total. The van der Waals surface area contributed by atoms with E-state index in [0.717, 1.165) is 41.5 Å². The van der Waals surface area contributed by atoms with E-state index in [0.29, 0.717) is 0 Å². The van der Waals surface area contributed by atoms with Crippen LogP contribution in [-0.4, -0.2) is 545 Å². The Morgan fingerprint density at radius 1 is 0.243 bits per heavy atom. The average molecular weight is 2030 g/mol. The number of carbonyl (C=O) groups excluding carboxylic acids is 6. The first-order valence-electron chi connectivity index (χ1n) is 42.3. The van der Waals surface area contributed by atoms with E-state index in [2.05, 4.69) is 40.3 Å². The van der Waals surface area contributed by atoms with Gasteiger partial charge in [-0.3, -0.25) is 37.9 Å². The molecule has 136 heavy (non-hydrogen) atoms. The second kappa shape index (κ2) is 48.5. The number of hydrogen-bond acceptors (Lipinski definition) is 54. The molecular weight excluding hydrogens is 1910 g/mol. The van der Waals surface area contributed by atoms with E-state index in [1.54, 1.807) is 0 Å². The molecular formula is C72H120N6O56S2. The van der Waals surface area contributed by atoms with E-state index in [4.69, 9.17) is 90.0 Å². The normalized spacial score (nSPS) is 45.9. The van der Waals surface area contributed by atoms with Crippen LogP contribution in [0.4, 0.5) is 0 Å². The predicted molar refractivity (Wildman–Crippen MR) is 419 cm³/mol. The van der Waals surface area contributed by atoms with Crippen LogP contribution in [-0.2, 0) is 148 Å². The Kier molecular flexibility index (Phi) is 40.2. The Balaban J connectivity index is 1.00. The van der Waals surface area contributed by atoms with Crippen LogP contribution in [0.15, 0.2) is 0 Å². The summed E-state index contributed by atoms with van der Waals surface area (Å²) in [6.45, 7) is -4.31. The van der Waals surface area contributed by atoms with Crippen LogP contribution in [0.2, 0.25) is 0 Å². The van der Waals surface area contributed by atoms with Gasteiger partial charge in [0.05, 0.1) is 65.6 Å². The molecule has 0 saturated carbocycles. The van der Waals surface area contributed by atoms with E-state index in [1.807, 2.05) is 0 Å². The number of hydrogen-bond donors (Lipinski definition) is 31. The van der Waals surface area contributed by atoms with Crippen molar-refractivity contribution in [2.75, 3.05) is 59.5 Å².